The van der Waals surface area contributed by atoms with Gasteiger partial charge in [-0.05, 0) is 46.3 Å². The van der Waals surface area contributed by atoms with Crippen molar-refractivity contribution in [1.82, 2.24) is 15.0 Å². The van der Waals surface area contributed by atoms with Crippen LogP contribution in [0.3, 0.4) is 0 Å². The van der Waals surface area contributed by atoms with Crippen molar-refractivity contribution < 1.29 is 0 Å². The number of H-pyrrole nitrogens is 1. The van der Waals surface area contributed by atoms with E-state index in [-0.39, 0.29) is 0 Å². The zero-order valence-corrected chi connectivity index (χ0v) is 13.8. The van der Waals surface area contributed by atoms with Gasteiger partial charge >= 0.3 is 0 Å². The van der Waals surface area contributed by atoms with Crippen LogP contribution in [0.5, 0.6) is 0 Å². The van der Waals surface area contributed by atoms with Gasteiger partial charge in [0.05, 0.1) is 16.7 Å². The molecule has 4 nitrogen and oxygen atoms in total. The standard InChI is InChI=1S/C16H11BrN4S/c17-11-3-1-2-4-12(11)19-16-20-13-6-5-10(9-14(13)21-16)15-18-7-8-22-15/h1-9H,(H2,19,20,21). The highest BCUT2D eigenvalue weighted by molar-refractivity contribution is 9.10. The summed E-state index contributed by atoms with van der Waals surface area (Å²) in [7, 11) is 0. The Labute approximate surface area is 139 Å². The van der Waals surface area contributed by atoms with Crippen LogP contribution in [0, 0.1) is 0 Å². The lowest BCUT2D eigenvalue weighted by Gasteiger charge is -2.04. The molecule has 2 aromatic carbocycles. The maximum Gasteiger partial charge on any atom is 0.205 e. The van der Waals surface area contributed by atoms with Crippen molar-refractivity contribution in [2.24, 2.45) is 0 Å². The van der Waals surface area contributed by atoms with Crippen LogP contribution in [0.1, 0.15) is 0 Å². The van der Waals surface area contributed by atoms with E-state index in [1.165, 1.54) is 0 Å². The van der Waals surface area contributed by atoms with Crippen LogP contribution in [0.4, 0.5) is 11.6 Å². The van der Waals surface area contributed by atoms with Crippen molar-refractivity contribution in [3.8, 4) is 10.6 Å². The van der Waals surface area contributed by atoms with Crippen molar-refractivity contribution in [2.75, 3.05) is 5.32 Å². The van der Waals surface area contributed by atoms with Crippen LogP contribution in [0.25, 0.3) is 21.6 Å². The third-order valence-corrected chi connectivity index (χ3v) is 4.80. The molecule has 0 bridgehead atoms. The smallest absolute Gasteiger partial charge is 0.205 e. The second kappa shape index (κ2) is 5.55. The van der Waals surface area contributed by atoms with Crippen LogP contribution < -0.4 is 5.32 Å². The van der Waals surface area contributed by atoms with Crippen LogP contribution >= 0.6 is 27.3 Å². The summed E-state index contributed by atoms with van der Waals surface area (Å²) in [5, 5.41) is 6.28. The van der Waals surface area contributed by atoms with Gasteiger partial charge in [0, 0.05) is 21.6 Å². The van der Waals surface area contributed by atoms with Gasteiger partial charge in [-0.2, -0.15) is 0 Å². The van der Waals surface area contributed by atoms with E-state index < -0.39 is 0 Å². The van der Waals surface area contributed by atoms with E-state index in [2.05, 4.69) is 42.3 Å². The van der Waals surface area contributed by atoms with Crippen LogP contribution in [0.2, 0.25) is 0 Å². The molecule has 2 N–H and O–H groups in total. The summed E-state index contributed by atoms with van der Waals surface area (Å²) >= 11 is 5.15. The number of hydrogen-bond acceptors (Lipinski definition) is 4. The molecule has 0 fully saturated rings. The Balaban J connectivity index is 1.70. The van der Waals surface area contributed by atoms with Gasteiger partial charge in [-0.25, -0.2) is 9.97 Å². The Hall–Kier alpha value is -2.18. The minimum Gasteiger partial charge on any atom is -0.325 e. The SMILES string of the molecule is Brc1ccccc1Nc1nc2ccc(-c3nccs3)cc2[nH]1. The third kappa shape index (κ3) is 2.51. The molecule has 4 aromatic rings. The molecule has 108 valence electrons. The predicted octanol–water partition coefficient (Wildman–Crippen LogP) is 5.19. The molecule has 0 saturated carbocycles. The quantitative estimate of drug-likeness (QED) is 0.521. The van der Waals surface area contributed by atoms with Gasteiger partial charge in [-0.1, -0.05) is 12.1 Å². The number of benzene rings is 2. The average molecular weight is 371 g/mol. The number of nitrogens with zero attached hydrogens (tertiary/aromatic N) is 2. The Morgan fingerprint density at radius 1 is 1.14 bits per heavy atom. The molecule has 22 heavy (non-hydrogen) atoms. The first-order chi connectivity index (χ1) is 10.8. The summed E-state index contributed by atoms with van der Waals surface area (Å²) in [5.41, 5.74) is 3.98. The summed E-state index contributed by atoms with van der Waals surface area (Å²) in [6.45, 7) is 0. The van der Waals surface area contributed by atoms with E-state index in [1.807, 2.05) is 48.0 Å². The van der Waals surface area contributed by atoms with Crippen molar-refractivity contribution in [1.29, 1.82) is 0 Å². The van der Waals surface area contributed by atoms with Crippen molar-refractivity contribution in [3.05, 3.63) is 58.5 Å². The lowest BCUT2D eigenvalue weighted by molar-refractivity contribution is 1.31. The molecule has 2 heterocycles. The molecule has 0 aliphatic carbocycles. The zero-order chi connectivity index (χ0) is 14.9. The molecule has 0 radical (unpaired) electrons. The Morgan fingerprint density at radius 3 is 2.86 bits per heavy atom. The van der Waals surface area contributed by atoms with Crippen molar-refractivity contribution >= 4 is 49.9 Å². The van der Waals surface area contributed by atoms with Gasteiger partial charge in [0.25, 0.3) is 0 Å². The highest BCUT2D eigenvalue weighted by Crippen LogP contribution is 2.28. The van der Waals surface area contributed by atoms with Gasteiger partial charge < -0.3 is 10.3 Å². The minimum atomic E-state index is 0.721. The number of thiazole rings is 1. The lowest BCUT2D eigenvalue weighted by atomic mass is 10.2. The number of fused-ring (bicyclic) bond motifs is 1. The number of hydrogen-bond donors (Lipinski definition) is 2. The van der Waals surface area contributed by atoms with Gasteiger partial charge in [-0.3, -0.25) is 0 Å². The monoisotopic (exact) mass is 370 g/mol. The molecule has 0 aliphatic rings. The summed E-state index contributed by atoms with van der Waals surface area (Å²) in [4.78, 5) is 12.2. The summed E-state index contributed by atoms with van der Waals surface area (Å²) in [6, 6.07) is 14.1. The van der Waals surface area contributed by atoms with Gasteiger partial charge in [0.1, 0.15) is 5.01 Å². The normalized spacial score (nSPS) is 11.0. The van der Waals surface area contributed by atoms with Crippen molar-refractivity contribution in [3.63, 3.8) is 0 Å². The number of halogens is 1. The van der Waals surface area contributed by atoms with Gasteiger partial charge in [-0.15, -0.1) is 11.3 Å². The third-order valence-electron chi connectivity index (χ3n) is 3.29. The number of aromatic amines is 1. The predicted molar refractivity (Wildman–Crippen MR) is 94.6 cm³/mol. The average Bonchev–Trinajstić information content (AvgIpc) is 3.17. The molecular formula is C16H11BrN4S. The fourth-order valence-electron chi connectivity index (χ4n) is 2.26. The topological polar surface area (TPSA) is 53.6 Å². The lowest BCUT2D eigenvalue weighted by Crippen LogP contribution is -1.92. The minimum absolute atomic E-state index is 0.721. The van der Waals surface area contributed by atoms with Crippen LogP contribution in [-0.2, 0) is 0 Å². The Morgan fingerprint density at radius 2 is 2.05 bits per heavy atom. The first-order valence-electron chi connectivity index (χ1n) is 6.71. The molecule has 0 saturated heterocycles. The number of nitrogens with one attached hydrogen (secondary N) is 2. The first kappa shape index (κ1) is 13.5. The van der Waals surface area contributed by atoms with E-state index in [0.29, 0.717) is 0 Å². The summed E-state index contributed by atoms with van der Waals surface area (Å²) in [5.74, 6) is 0.721. The van der Waals surface area contributed by atoms with E-state index >= 15 is 0 Å². The number of aromatic nitrogens is 3. The Kier molecular flexibility index (Phi) is 3.40. The molecule has 0 atom stereocenters. The maximum atomic E-state index is 4.57. The second-order valence-electron chi connectivity index (χ2n) is 4.76. The van der Waals surface area contributed by atoms with E-state index in [4.69, 9.17) is 0 Å². The van der Waals surface area contributed by atoms with Crippen LogP contribution in [-0.4, -0.2) is 15.0 Å². The first-order valence-corrected chi connectivity index (χ1v) is 8.38. The number of imidazole rings is 1. The number of rotatable bonds is 3. The van der Waals surface area contributed by atoms with E-state index in [9.17, 15) is 0 Å². The highest BCUT2D eigenvalue weighted by atomic mass is 79.9. The molecule has 6 heteroatoms. The molecular weight excluding hydrogens is 360 g/mol. The maximum absolute atomic E-state index is 4.57. The van der Waals surface area contributed by atoms with E-state index in [1.54, 1.807) is 11.3 Å². The van der Waals surface area contributed by atoms with Gasteiger partial charge in [0.2, 0.25) is 5.95 Å². The molecule has 0 aliphatic heterocycles. The second-order valence-corrected chi connectivity index (χ2v) is 6.51. The summed E-state index contributed by atoms with van der Waals surface area (Å²) in [6.07, 6.45) is 1.82. The van der Waals surface area contributed by atoms with Crippen LogP contribution in [0.15, 0.2) is 58.5 Å². The highest BCUT2D eigenvalue weighted by Gasteiger charge is 2.07. The zero-order valence-electron chi connectivity index (χ0n) is 11.4. The Bertz CT molecular complexity index is 930. The number of para-hydroxylation sites is 1. The molecule has 4 rings (SSSR count). The van der Waals surface area contributed by atoms with E-state index in [0.717, 1.165) is 37.7 Å². The molecule has 0 unspecified atom stereocenters. The molecule has 2 aromatic heterocycles. The van der Waals surface area contributed by atoms with Crippen molar-refractivity contribution in [2.45, 2.75) is 0 Å². The fourth-order valence-corrected chi connectivity index (χ4v) is 3.28. The molecule has 0 spiro atoms. The number of anilines is 2. The van der Waals surface area contributed by atoms with Gasteiger partial charge in [0.15, 0.2) is 0 Å². The fraction of sp³-hybridized carbons (Fsp3) is 0. The largest absolute Gasteiger partial charge is 0.325 e. The molecule has 0 amide bonds. The summed E-state index contributed by atoms with van der Waals surface area (Å²) < 4.78 is 0.999.